The smallest absolute Gasteiger partial charge is 0.222 e. The summed E-state index contributed by atoms with van der Waals surface area (Å²) in [7, 11) is 0. The lowest BCUT2D eigenvalue weighted by Gasteiger charge is -2.49. The van der Waals surface area contributed by atoms with Gasteiger partial charge in [0.1, 0.15) is 5.82 Å². The molecular weight excluding hydrogens is 315 g/mol. The molecule has 1 aromatic rings. The van der Waals surface area contributed by atoms with Crippen molar-refractivity contribution >= 4 is 5.91 Å². The van der Waals surface area contributed by atoms with E-state index in [0.29, 0.717) is 17.4 Å². The van der Waals surface area contributed by atoms with Gasteiger partial charge in [-0.2, -0.15) is 0 Å². The van der Waals surface area contributed by atoms with Crippen LogP contribution in [0.3, 0.4) is 0 Å². The summed E-state index contributed by atoms with van der Waals surface area (Å²) in [6.07, 6.45) is 9.09. The zero-order chi connectivity index (χ0) is 17.3. The van der Waals surface area contributed by atoms with Gasteiger partial charge in [0.2, 0.25) is 5.91 Å². The highest BCUT2D eigenvalue weighted by Crippen LogP contribution is 2.42. The van der Waals surface area contributed by atoms with E-state index in [2.05, 4.69) is 9.80 Å². The Hall–Kier alpha value is -1.42. The maximum Gasteiger partial charge on any atom is 0.222 e. The second-order valence-corrected chi connectivity index (χ2v) is 8.37. The van der Waals surface area contributed by atoms with Gasteiger partial charge < -0.3 is 4.90 Å². The van der Waals surface area contributed by atoms with E-state index in [4.69, 9.17) is 0 Å². The van der Waals surface area contributed by atoms with Gasteiger partial charge in [0.05, 0.1) is 0 Å². The molecule has 2 aliphatic heterocycles. The number of halogens is 1. The zero-order valence-corrected chi connectivity index (χ0v) is 15.1. The van der Waals surface area contributed by atoms with Crippen molar-refractivity contribution < 1.29 is 9.18 Å². The summed E-state index contributed by atoms with van der Waals surface area (Å²) in [4.78, 5) is 17.1. The van der Waals surface area contributed by atoms with Gasteiger partial charge in [-0.3, -0.25) is 9.69 Å². The first kappa shape index (κ1) is 17.0. The van der Waals surface area contributed by atoms with E-state index < -0.39 is 0 Å². The summed E-state index contributed by atoms with van der Waals surface area (Å²) in [5.74, 6) is 0.240. The van der Waals surface area contributed by atoms with Crippen molar-refractivity contribution in [1.29, 1.82) is 0 Å². The Kier molecular flexibility index (Phi) is 4.81. The highest BCUT2D eigenvalue weighted by Gasteiger charge is 2.43. The number of likely N-dealkylation sites (tertiary alicyclic amines) is 2. The second kappa shape index (κ2) is 7.06. The molecule has 1 saturated carbocycles. The number of nitrogens with zero attached hydrogens (tertiary/aromatic N) is 2. The number of carbonyl (C=O) groups excluding carboxylic acids is 1. The lowest BCUT2D eigenvalue weighted by Crippen LogP contribution is -2.53. The van der Waals surface area contributed by atoms with E-state index in [1.807, 2.05) is 6.07 Å². The summed E-state index contributed by atoms with van der Waals surface area (Å²) in [5, 5.41) is 0. The van der Waals surface area contributed by atoms with Crippen molar-refractivity contribution in [3.63, 3.8) is 0 Å². The van der Waals surface area contributed by atoms with Crippen LogP contribution in [-0.4, -0.2) is 41.4 Å². The second-order valence-electron chi connectivity index (χ2n) is 8.37. The minimum absolute atomic E-state index is 0.149. The molecule has 2 heterocycles. The summed E-state index contributed by atoms with van der Waals surface area (Å²) in [6, 6.07) is 7.46. The van der Waals surface area contributed by atoms with Crippen LogP contribution in [0.2, 0.25) is 0 Å². The van der Waals surface area contributed by atoms with E-state index in [9.17, 15) is 9.18 Å². The van der Waals surface area contributed by atoms with E-state index in [1.54, 1.807) is 12.1 Å². The normalized spacial score (nSPS) is 25.0. The van der Waals surface area contributed by atoms with Crippen molar-refractivity contribution in [2.75, 3.05) is 19.6 Å². The third-order valence-corrected chi connectivity index (χ3v) is 6.67. The van der Waals surface area contributed by atoms with Crippen LogP contribution in [0, 0.1) is 11.2 Å². The van der Waals surface area contributed by atoms with Gasteiger partial charge in [0.25, 0.3) is 0 Å². The number of hydrogen-bond acceptors (Lipinski definition) is 2. The van der Waals surface area contributed by atoms with Gasteiger partial charge in [-0.1, -0.05) is 25.0 Å². The van der Waals surface area contributed by atoms with Crippen molar-refractivity contribution in [3.05, 3.63) is 35.6 Å². The molecule has 1 aromatic carbocycles. The highest BCUT2D eigenvalue weighted by atomic mass is 19.1. The lowest BCUT2D eigenvalue weighted by molar-refractivity contribution is -0.142. The van der Waals surface area contributed by atoms with Crippen LogP contribution in [0.4, 0.5) is 4.39 Å². The molecule has 136 valence electrons. The Morgan fingerprint density at radius 2 is 1.88 bits per heavy atom. The van der Waals surface area contributed by atoms with Crippen molar-refractivity contribution in [2.45, 2.75) is 64.0 Å². The number of hydrogen-bond donors (Lipinski definition) is 0. The molecule has 1 aliphatic carbocycles. The summed E-state index contributed by atoms with van der Waals surface area (Å²) >= 11 is 0. The molecule has 0 atom stereocenters. The van der Waals surface area contributed by atoms with Crippen molar-refractivity contribution in [3.8, 4) is 0 Å². The first-order chi connectivity index (χ1) is 12.1. The zero-order valence-electron chi connectivity index (χ0n) is 15.1. The average molecular weight is 344 g/mol. The minimum Gasteiger partial charge on any atom is -0.339 e. The fraction of sp³-hybridized carbons (Fsp3) is 0.667. The van der Waals surface area contributed by atoms with Crippen LogP contribution >= 0.6 is 0 Å². The van der Waals surface area contributed by atoms with Crippen LogP contribution in [0.1, 0.15) is 56.9 Å². The summed E-state index contributed by atoms with van der Waals surface area (Å²) < 4.78 is 13.4. The standard InChI is InChI=1S/C21H29FN2O/c22-18-5-3-4-17(14-18)15-23-12-10-21(11-13-23)9-8-20(25)24(16-21)19-6-1-2-7-19/h3-5,14,19H,1-2,6-13,15-16H2. The molecule has 4 rings (SSSR count). The maximum absolute atomic E-state index is 13.4. The molecule has 3 aliphatic rings. The number of amides is 1. The van der Waals surface area contributed by atoms with Gasteiger partial charge in [0, 0.05) is 25.6 Å². The summed E-state index contributed by atoms with van der Waals surface area (Å²) in [5.41, 5.74) is 1.39. The van der Waals surface area contributed by atoms with Gasteiger partial charge in [-0.25, -0.2) is 4.39 Å². The molecule has 4 heteroatoms. The van der Waals surface area contributed by atoms with E-state index in [1.165, 1.54) is 44.6 Å². The van der Waals surface area contributed by atoms with E-state index in [-0.39, 0.29) is 5.82 Å². The fourth-order valence-electron chi connectivity index (χ4n) is 5.08. The Bertz CT molecular complexity index is 618. The topological polar surface area (TPSA) is 23.6 Å². The van der Waals surface area contributed by atoms with Crippen LogP contribution in [0.25, 0.3) is 0 Å². The molecule has 0 aromatic heterocycles. The predicted molar refractivity (Wildman–Crippen MR) is 96.5 cm³/mol. The van der Waals surface area contributed by atoms with Gasteiger partial charge in [0.15, 0.2) is 0 Å². The van der Waals surface area contributed by atoms with Crippen LogP contribution < -0.4 is 0 Å². The molecule has 25 heavy (non-hydrogen) atoms. The Labute approximate surface area is 150 Å². The van der Waals surface area contributed by atoms with Gasteiger partial charge >= 0.3 is 0 Å². The monoisotopic (exact) mass is 344 g/mol. The Balaban J connectivity index is 1.36. The van der Waals surface area contributed by atoms with E-state index >= 15 is 0 Å². The average Bonchev–Trinajstić information content (AvgIpc) is 3.14. The Morgan fingerprint density at radius 1 is 1.12 bits per heavy atom. The number of benzene rings is 1. The van der Waals surface area contributed by atoms with Crippen LogP contribution in [-0.2, 0) is 11.3 Å². The third kappa shape index (κ3) is 3.74. The van der Waals surface area contributed by atoms with Gasteiger partial charge in [-0.05, 0) is 68.3 Å². The van der Waals surface area contributed by atoms with Crippen LogP contribution in [0.5, 0.6) is 0 Å². The fourth-order valence-corrected chi connectivity index (χ4v) is 5.08. The Morgan fingerprint density at radius 3 is 2.60 bits per heavy atom. The first-order valence-corrected chi connectivity index (χ1v) is 9.90. The molecule has 3 fully saturated rings. The molecule has 0 bridgehead atoms. The van der Waals surface area contributed by atoms with Crippen molar-refractivity contribution in [1.82, 2.24) is 9.80 Å². The largest absolute Gasteiger partial charge is 0.339 e. The summed E-state index contributed by atoms with van der Waals surface area (Å²) in [6.45, 7) is 3.93. The molecule has 0 radical (unpaired) electrons. The molecule has 1 amide bonds. The van der Waals surface area contributed by atoms with Gasteiger partial charge in [-0.15, -0.1) is 0 Å². The maximum atomic E-state index is 13.4. The molecule has 0 N–H and O–H groups in total. The van der Waals surface area contributed by atoms with Crippen LogP contribution in [0.15, 0.2) is 24.3 Å². The minimum atomic E-state index is -0.149. The first-order valence-electron chi connectivity index (χ1n) is 9.90. The number of piperidine rings is 2. The SMILES string of the molecule is O=C1CCC2(CCN(Cc3cccc(F)c3)CC2)CN1C1CCCC1. The highest BCUT2D eigenvalue weighted by molar-refractivity contribution is 5.77. The van der Waals surface area contributed by atoms with E-state index in [0.717, 1.165) is 44.6 Å². The van der Waals surface area contributed by atoms with Crippen molar-refractivity contribution in [2.24, 2.45) is 5.41 Å². The number of carbonyl (C=O) groups is 1. The molecule has 3 nitrogen and oxygen atoms in total. The third-order valence-electron chi connectivity index (χ3n) is 6.67. The lowest BCUT2D eigenvalue weighted by atomic mass is 9.72. The quantitative estimate of drug-likeness (QED) is 0.828. The molecular formula is C21H29FN2O. The number of rotatable bonds is 3. The predicted octanol–water partition coefficient (Wildman–Crippen LogP) is 3.97. The molecule has 0 unspecified atom stereocenters. The molecule has 1 spiro atoms. The molecule has 2 saturated heterocycles.